The highest BCUT2D eigenvalue weighted by atomic mass is 16.6. The zero-order valence-corrected chi connectivity index (χ0v) is 12.4. The van der Waals surface area contributed by atoms with Crippen molar-refractivity contribution in [2.45, 2.75) is 25.8 Å². The van der Waals surface area contributed by atoms with E-state index < -0.39 is 0 Å². The van der Waals surface area contributed by atoms with Crippen LogP contribution in [-0.2, 0) is 0 Å². The monoisotopic (exact) mass is 290 g/mol. The normalized spacial score (nSPS) is 22.1. The predicted octanol–water partition coefficient (Wildman–Crippen LogP) is 2.31. The molecule has 0 aliphatic carbocycles. The summed E-state index contributed by atoms with van der Waals surface area (Å²) in [7, 11) is 0. The molecule has 1 aromatic carbocycles. The van der Waals surface area contributed by atoms with Gasteiger partial charge in [0.1, 0.15) is 11.4 Å². The van der Waals surface area contributed by atoms with Crippen LogP contribution >= 0.6 is 0 Å². The minimum Gasteiger partial charge on any atom is -0.380 e. The highest BCUT2D eigenvalue weighted by Crippen LogP contribution is 2.37. The molecule has 0 aromatic heterocycles. The van der Waals surface area contributed by atoms with Crippen molar-refractivity contribution >= 4 is 17.1 Å². The number of nitro groups is 1. The topological polar surface area (TPSA) is 61.6 Å². The first-order valence-electron chi connectivity index (χ1n) is 7.71. The maximum Gasteiger partial charge on any atom is 0.315 e. The number of anilines is 2. The summed E-state index contributed by atoms with van der Waals surface area (Å²) in [4.78, 5) is 16.0. The molecule has 2 heterocycles. The number of piperazine rings is 1. The fraction of sp³-hybridized carbons (Fsp3) is 0.600. The van der Waals surface area contributed by atoms with Crippen molar-refractivity contribution in [3.63, 3.8) is 0 Å². The first-order chi connectivity index (χ1) is 10.2. The number of benzene rings is 1. The molecule has 0 saturated carbocycles. The van der Waals surface area contributed by atoms with E-state index in [1.54, 1.807) is 6.07 Å². The van der Waals surface area contributed by atoms with Crippen LogP contribution < -0.4 is 10.2 Å². The molecule has 114 valence electrons. The second-order valence-corrected chi connectivity index (χ2v) is 5.74. The Morgan fingerprint density at radius 2 is 2.24 bits per heavy atom. The van der Waals surface area contributed by atoms with Gasteiger partial charge in [0, 0.05) is 32.2 Å². The third-order valence-corrected chi connectivity index (χ3v) is 4.49. The van der Waals surface area contributed by atoms with Crippen LogP contribution in [0.3, 0.4) is 0 Å². The summed E-state index contributed by atoms with van der Waals surface area (Å²) >= 11 is 0. The van der Waals surface area contributed by atoms with Gasteiger partial charge >= 0.3 is 5.69 Å². The zero-order chi connectivity index (χ0) is 14.8. The average molecular weight is 290 g/mol. The Labute approximate surface area is 124 Å². The lowest BCUT2D eigenvalue weighted by molar-refractivity contribution is -0.383. The molecule has 2 aliphatic heterocycles. The van der Waals surface area contributed by atoms with E-state index >= 15 is 0 Å². The number of hydrogen-bond acceptors (Lipinski definition) is 5. The molecule has 6 heteroatoms. The van der Waals surface area contributed by atoms with Crippen LogP contribution in [-0.4, -0.2) is 48.6 Å². The maximum absolute atomic E-state index is 11.5. The van der Waals surface area contributed by atoms with Gasteiger partial charge in [-0.05, 0) is 38.4 Å². The van der Waals surface area contributed by atoms with Crippen molar-refractivity contribution in [1.29, 1.82) is 0 Å². The summed E-state index contributed by atoms with van der Waals surface area (Å²) in [5.41, 5.74) is 1.59. The van der Waals surface area contributed by atoms with E-state index in [0.29, 0.717) is 18.3 Å². The number of rotatable bonds is 4. The Balaban J connectivity index is 1.90. The first-order valence-corrected chi connectivity index (χ1v) is 7.71. The molecular formula is C15H22N4O2. The van der Waals surface area contributed by atoms with Crippen LogP contribution in [0.4, 0.5) is 17.1 Å². The Hall–Kier alpha value is -1.82. The fourth-order valence-corrected chi connectivity index (χ4v) is 3.52. The van der Waals surface area contributed by atoms with Crippen molar-refractivity contribution in [3.8, 4) is 0 Å². The molecule has 21 heavy (non-hydrogen) atoms. The van der Waals surface area contributed by atoms with Gasteiger partial charge in [-0.1, -0.05) is 6.07 Å². The van der Waals surface area contributed by atoms with Crippen LogP contribution in [0.5, 0.6) is 0 Å². The molecule has 6 nitrogen and oxygen atoms in total. The molecule has 0 spiro atoms. The third-order valence-electron chi connectivity index (χ3n) is 4.49. The number of nitrogens with one attached hydrogen (secondary N) is 1. The molecule has 2 saturated heterocycles. The smallest absolute Gasteiger partial charge is 0.315 e. The Morgan fingerprint density at radius 1 is 1.38 bits per heavy atom. The van der Waals surface area contributed by atoms with Crippen molar-refractivity contribution < 1.29 is 4.92 Å². The largest absolute Gasteiger partial charge is 0.380 e. The van der Waals surface area contributed by atoms with E-state index in [9.17, 15) is 10.1 Å². The van der Waals surface area contributed by atoms with Crippen LogP contribution in [0.1, 0.15) is 19.8 Å². The molecule has 1 unspecified atom stereocenters. The minimum atomic E-state index is -0.256. The summed E-state index contributed by atoms with van der Waals surface area (Å²) in [6.07, 6.45) is 2.45. The van der Waals surface area contributed by atoms with E-state index in [4.69, 9.17) is 0 Å². The number of nitrogens with zero attached hydrogens (tertiary/aromatic N) is 3. The highest BCUT2D eigenvalue weighted by molar-refractivity contribution is 5.77. The van der Waals surface area contributed by atoms with Gasteiger partial charge < -0.3 is 10.2 Å². The number of para-hydroxylation sites is 1. The SMILES string of the molecule is CCNc1cccc(N2CCN3CCCC3C2)c1[N+](=O)[O-]. The Bertz CT molecular complexity index is 534. The number of nitro benzene ring substituents is 1. The lowest BCUT2D eigenvalue weighted by atomic mass is 10.1. The van der Waals surface area contributed by atoms with E-state index in [1.807, 2.05) is 19.1 Å². The Kier molecular flexibility index (Phi) is 3.96. The van der Waals surface area contributed by atoms with E-state index in [-0.39, 0.29) is 10.6 Å². The standard InChI is InChI=1S/C15H22N4O2/c1-2-16-13-6-3-7-14(15(13)19(20)21)18-10-9-17-8-4-5-12(17)11-18/h3,6-7,12,16H,2,4-5,8-11H2,1H3. The lowest BCUT2D eigenvalue weighted by Crippen LogP contribution is -2.50. The van der Waals surface area contributed by atoms with Crippen LogP contribution in [0.25, 0.3) is 0 Å². The molecule has 2 fully saturated rings. The molecule has 3 rings (SSSR count). The van der Waals surface area contributed by atoms with Gasteiger partial charge in [0.15, 0.2) is 0 Å². The molecule has 0 bridgehead atoms. The van der Waals surface area contributed by atoms with Gasteiger partial charge in [0.05, 0.1) is 4.92 Å². The third kappa shape index (κ3) is 2.68. The second-order valence-electron chi connectivity index (χ2n) is 5.74. The van der Waals surface area contributed by atoms with E-state index in [0.717, 1.165) is 25.3 Å². The molecule has 1 atom stereocenters. The molecule has 0 amide bonds. The maximum atomic E-state index is 11.5. The van der Waals surface area contributed by atoms with Gasteiger partial charge in [-0.15, -0.1) is 0 Å². The van der Waals surface area contributed by atoms with Gasteiger partial charge in [0.2, 0.25) is 0 Å². The van der Waals surface area contributed by atoms with Crippen molar-refractivity contribution in [3.05, 3.63) is 28.3 Å². The lowest BCUT2D eigenvalue weighted by Gasteiger charge is -2.38. The summed E-state index contributed by atoms with van der Waals surface area (Å²) in [6.45, 7) is 6.59. The van der Waals surface area contributed by atoms with Crippen LogP contribution in [0.15, 0.2) is 18.2 Å². The van der Waals surface area contributed by atoms with Crippen LogP contribution in [0, 0.1) is 10.1 Å². The summed E-state index contributed by atoms with van der Waals surface area (Å²) in [5.74, 6) is 0. The number of fused-ring (bicyclic) bond motifs is 1. The molecule has 0 radical (unpaired) electrons. The molecule has 2 aliphatic rings. The average Bonchev–Trinajstić information content (AvgIpc) is 2.94. The Morgan fingerprint density at radius 3 is 3.00 bits per heavy atom. The highest BCUT2D eigenvalue weighted by Gasteiger charge is 2.33. The predicted molar refractivity (Wildman–Crippen MR) is 84.1 cm³/mol. The fourth-order valence-electron chi connectivity index (χ4n) is 3.52. The van der Waals surface area contributed by atoms with Gasteiger partial charge in [-0.3, -0.25) is 15.0 Å². The molecule has 1 aromatic rings. The quantitative estimate of drug-likeness (QED) is 0.681. The van der Waals surface area contributed by atoms with Crippen molar-refractivity contribution in [2.75, 3.05) is 42.9 Å². The summed E-state index contributed by atoms with van der Waals surface area (Å²) < 4.78 is 0. The number of hydrogen-bond donors (Lipinski definition) is 1. The van der Waals surface area contributed by atoms with E-state index in [1.165, 1.54) is 19.4 Å². The van der Waals surface area contributed by atoms with Gasteiger partial charge in [-0.2, -0.15) is 0 Å². The van der Waals surface area contributed by atoms with Gasteiger partial charge in [0.25, 0.3) is 0 Å². The molecular weight excluding hydrogens is 268 g/mol. The summed E-state index contributed by atoms with van der Waals surface area (Å²) in [5, 5.41) is 14.6. The summed E-state index contributed by atoms with van der Waals surface area (Å²) in [6, 6.07) is 6.13. The van der Waals surface area contributed by atoms with Crippen molar-refractivity contribution in [1.82, 2.24) is 4.90 Å². The van der Waals surface area contributed by atoms with E-state index in [2.05, 4.69) is 15.1 Å². The molecule has 1 N–H and O–H groups in total. The minimum absolute atomic E-state index is 0.214. The van der Waals surface area contributed by atoms with Crippen LogP contribution in [0.2, 0.25) is 0 Å². The van der Waals surface area contributed by atoms with Crippen molar-refractivity contribution in [2.24, 2.45) is 0 Å². The zero-order valence-electron chi connectivity index (χ0n) is 12.4. The second kappa shape index (κ2) is 5.89. The van der Waals surface area contributed by atoms with Gasteiger partial charge in [-0.25, -0.2) is 0 Å². The first kappa shape index (κ1) is 14.1.